The molecule has 0 bridgehead atoms. The molecule has 0 atom stereocenters. The summed E-state index contributed by atoms with van der Waals surface area (Å²) in [6, 6.07) is 20.1. The van der Waals surface area contributed by atoms with E-state index in [1.165, 1.54) is 5.39 Å². The molecule has 0 fully saturated rings. The van der Waals surface area contributed by atoms with Gasteiger partial charge in [-0.2, -0.15) is 0 Å². The van der Waals surface area contributed by atoms with Gasteiger partial charge in [0.15, 0.2) is 0 Å². The zero-order chi connectivity index (χ0) is 14.8. The van der Waals surface area contributed by atoms with Gasteiger partial charge in [-0.05, 0) is 30.3 Å². The van der Waals surface area contributed by atoms with E-state index in [4.69, 9.17) is 0 Å². The van der Waals surface area contributed by atoms with E-state index in [1.54, 1.807) is 6.33 Å². The highest BCUT2D eigenvalue weighted by molar-refractivity contribution is 6.04. The summed E-state index contributed by atoms with van der Waals surface area (Å²) < 4.78 is 0. The molecule has 4 nitrogen and oxygen atoms in total. The number of pyridine rings is 1. The smallest absolute Gasteiger partial charge is 0.0957 e. The summed E-state index contributed by atoms with van der Waals surface area (Å²) >= 11 is 0. The number of hydrogen-bond donors (Lipinski definition) is 2. The Kier molecular flexibility index (Phi) is 3.05. The van der Waals surface area contributed by atoms with Crippen LogP contribution >= 0.6 is 0 Å². The lowest BCUT2D eigenvalue weighted by Crippen LogP contribution is -1.70. The van der Waals surface area contributed by atoms with Gasteiger partial charge < -0.3 is 9.97 Å². The minimum atomic E-state index is 1.03. The van der Waals surface area contributed by atoms with Crippen LogP contribution in [0, 0.1) is 0 Å². The molecule has 2 aromatic carbocycles. The SMILES string of the molecule is c1ccc2[nH]cnc2c1.c1ccc2c(c1)[nH]c1cccnc12. The highest BCUT2D eigenvalue weighted by Crippen LogP contribution is 2.22. The number of fused-ring (bicyclic) bond motifs is 4. The molecule has 0 amide bonds. The molecule has 0 unspecified atom stereocenters. The molecule has 3 heterocycles. The minimum Gasteiger partial charge on any atom is -0.353 e. The molecule has 2 N–H and O–H groups in total. The van der Waals surface area contributed by atoms with Gasteiger partial charge in [0.25, 0.3) is 0 Å². The van der Waals surface area contributed by atoms with E-state index in [0.717, 1.165) is 27.6 Å². The van der Waals surface area contributed by atoms with Gasteiger partial charge in [0.05, 0.1) is 28.4 Å². The van der Waals surface area contributed by atoms with Crippen LogP contribution in [0.5, 0.6) is 0 Å². The van der Waals surface area contributed by atoms with Crippen molar-refractivity contribution in [1.29, 1.82) is 0 Å². The fourth-order valence-electron chi connectivity index (χ4n) is 2.54. The van der Waals surface area contributed by atoms with Gasteiger partial charge in [-0.15, -0.1) is 0 Å². The molecule has 0 saturated heterocycles. The number of nitrogens with zero attached hydrogens (tertiary/aromatic N) is 2. The first kappa shape index (κ1) is 12.6. The molecule has 5 rings (SSSR count). The lowest BCUT2D eigenvalue weighted by molar-refractivity contribution is 1.34. The van der Waals surface area contributed by atoms with Crippen LogP contribution in [0.3, 0.4) is 0 Å². The van der Waals surface area contributed by atoms with Crippen molar-refractivity contribution in [2.24, 2.45) is 0 Å². The Labute approximate surface area is 126 Å². The van der Waals surface area contributed by atoms with Gasteiger partial charge in [-0.25, -0.2) is 4.98 Å². The second kappa shape index (κ2) is 5.33. The Morgan fingerprint density at radius 1 is 0.682 bits per heavy atom. The van der Waals surface area contributed by atoms with Gasteiger partial charge in [0, 0.05) is 17.1 Å². The fourth-order valence-corrected chi connectivity index (χ4v) is 2.54. The molecule has 0 radical (unpaired) electrons. The van der Waals surface area contributed by atoms with Crippen LogP contribution in [0.4, 0.5) is 0 Å². The van der Waals surface area contributed by atoms with Crippen molar-refractivity contribution >= 4 is 33.0 Å². The molecule has 0 aliphatic carbocycles. The molecule has 0 spiro atoms. The summed E-state index contributed by atoms with van der Waals surface area (Å²) in [6.45, 7) is 0. The van der Waals surface area contributed by atoms with Gasteiger partial charge in [0.1, 0.15) is 0 Å². The largest absolute Gasteiger partial charge is 0.353 e. The average molecular weight is 286 g/mol. The number of aromatic amines is 2. The monoisotopic (exact) mass is 286 g/mol. The Morgan fingerprint density at radius 2 is 1.45 bits per heavy atom. The van der Waals surface area contributed by atoms with Crippen LogP contribution in [0.1, 0.15) is 0 Å². The van der Waals surface area contributed by atoms with Crippen LogP contribution in [0.25, 0.3) is 33.0 Å². The van der Waals surface area contributed by atoms with E-state index in [2.05, 4.69) is 32.1 Å². The summed E-state index contributed by atoms with van der Waals surface area (Å²) in [5.41, 5.74) is 5.42. The highest BCUT2D eigenvalue weighted by atomic mass is 14.9. The quantitative estimate of drug-likeness (QED) is 0.446. The Hall–Kier alpha value is -3.14. The van der Waals surface area contributed by atoms with Crippen LogP contribution in [-0.2, 0) is 0 Å². The number of H-pyrrole nitrogens is 2. The normalized spacial score (nSPS) is 10.7. The van der Waals surface area contributed by atoms with E-state index in [1.807, 2.05) is 54.7 Å². The number of rotatable bonds is 0. The Balaban J connectivity index is 0.000000122. The summed E-state index contributed by atoms with van der Waals surface area (Å²) in [5, 5.41) is 1.19. The van der Waals surface area contributed by atoms with Crippen molar-refractivity contribution in [3.8, 4) is 0 Å². The lowest BCUT2D eigenvalue weighted by atomic mass is 10.2. The van der Waals surface area contributed by atoms with Crippen molar-refractivity contribution in [3.05, 3.63) is 73.2 Å². The average Bonchev–Trinajstić information content (AvgIpc) is 3.19. The first-order valence-electron chi connectivity index (χ1n) is 7.11. The molecule has 4 heteroatoms. The number of nitrogens with one attached hydrogen (secondary N) is 2. The second-order valence-corrected chi connectivity index (χ2v) is 4.99. The molecular formula is C18H14N4. The zero-order valence-electron chi connectivity index (χ0n) is 11.8. The number of aromatic nitrogens is 4. The Bertz CT molecular complexity index is 962. The van der Waals surface area contributed by atoms with Gasteiger partial charge in [-0.3, -0.25) is 4.98 Å². The lowest BCUT2D eigenvalue weighted by Gasteiger charge is -1.86. The van der Waals surface area contributed by atoms with Gasteiger partial charge >= 0.3 is 0 Å². The maximum absolute atomic E-state index is 4.34. The van der Waals surface area contributed by atoms with Crippen molar-refractivity contribution in [3.63, 3.8) is 0 Å². The summed E-state index contributed by atoms with van der Waals surface area (Å²) in [6.07, 6.45) is 3.52. The predicted molar refractivity (Wildman–Crippen MR) is 89.7 cm³/mol. The van der Waals surface area contributed by atoms with Gasteiger partial charge in [0.2, 0.25) is 0 Å². The molecule has 22 heavy (non-hydrogen) atoms. The van der Waals surface area contributed by atoms with Crippen LogP contribution in [0.15, 0.2) is 73.2 Å². The highest BCUT2D eigenvalue weighted by Gasteiger charge is 2.01. The predicted octanol–water partition coefficient (Wildman–Crippen LogP) is 4.28. The zero-order valence-corrected chi connectivity index (χ0v) is 11.8. The van der Waals surface area contributed by atoms with Crippen molar-refractivity contribution in [2.75, 3.05) is 0 Å². The molecule has 0 aliphatic heterocycles. The maximum atomic E-state index is 4.34. The Morgan fingerprint density at radius 3 is 2.36 bits per heavy atom. The standard InChI is InChI=1S/C11H8N2.C7H6N2/c1-2-5-9-8(4-1)11-10(13-9)6-3-7-12-11;1-2-4-7-6(3-1)8-5-9-7/h1-7,13H;1-5H,(H,8,9). The molecular weight excluding hydrogens is 272 g/mol. The number of hydrogen-bond acceptors (Lipinski definition) is 2. The number of para-hydroxylation sites is 3. The van der Waals surface area contributed by atoms with Crippen molar-refractivity contribution < 1.29 is 0 Å². The maximum Gasteiger partial charge on any atom is 0.0957 e. The van der Waals surface area contributed by atoms with E-state index in [0.29, 0.717) is 0 Å². The van der Waals surface area contributed by atoms with E-state index in [9.17, 15) is 0 Å². The fraction of sp³-hybridized carbons (Fsp3) is 0. The summed E-state index contributed by atoms with van der Waals surface area (Å²) in [5.74, 6) is 0. The van der Waals surface area contributed by atoms with E-state index in [-0.39, 0.29) is 0 Å². The first-order valence-corrected chi connectivity index (χ1v) is 7.11. The van der Waals surface area contributed by atoms with Crippen molar-refractivity contribution in [2.45, 2.75) is 0 Å². The summed E-state index contributed by atoms with van der Waals surface area (Å²) in [4.78, 5) is 14.7. The minimum absolute atomic E-state index is 1.03. The second-order valence-electron chi connectivity index (χ2n) is 4.99. The van der Waals surface area contributed by atoms with E-state index < -0.39 is 0 Å². The third-order valence-corrected chi connectivity index (χ3v) is 3.59. The van der Waals surface area contributed by atoms with Crippen LogP contribution < -0.4 is 0 Å². The first-order chi connectivity index (χ1) is 10.9. The topological polar surface area (TPSA) is 57.4 Å². The van der Waals surface area contributed by atoms with Crippen LogP contribution in [-0.4, -0.2) is 19.9 Å². The van der Waals surface area contributed by atoms with Crippen LogP contribution in [0.2, 0.25) is 0 Å². The molecule has 5 aromatic rings. The molecule has 3 aromatic heterocycles. The van der Waals surface area contributed by atoms with E-state index >= 15 is 0 Å². The van der Waals surface area contributed by atoms with Gasteiger partial charge in [-0.1, -0.05) is 30.3 Å². The molecule has 0 aliphatic rings. The molecule has 0 saturated carbocycles. The third kappa shape index (κ3) is 2.20. The number of imidazole rings is 1. The molecule has 106 valence electrons. The number of benzene rings is 2. The summed E-state index contributed by atoms with van der Waals surface area (Å²) in [7, 11) is 0. The third-order valence-electron chi connectivity index (χ3n) is 3.59. The van der Waals surface area contributed by atoms with Crippen molar-refractivity contribution in [1.82, 2.24) is 19.9 Å².